The molecule has 0 rings (SSSR count). The first-order valence-corrected chi connectivity index (χ1v) is 3.26. The van der Waals surface area contributed by atoms with Gasteiger partial charge in [-0.25, -0.2) is 5.41 Å². The van der Waals surface area contributed by atoms with Crippen LogP contribution < -0.4 is 11.5 Å². The van der Waals surface area contributed by atoms with Gasteiger partial charge in [0, 0.05) is 5.92 Å². The summed E-state index contributed by atoms with van der Waals surface area (Å²) in [5, 5.41) is 6.55. The number of nitrogens with two attached hydrogens (primary N) is 2. The zero-order valence-electron chi connectivity index (χ0n) is 6.39. The highest BCUT2D eigenvalue weighted by Gasteiger charge is 2.24. The van der Waals surface area contributed by atoms with Crippen LogP contribution in [0.5, 0.6) is 0 Å². The first-order valence-electron chi connectivity index (χ1n) is 3.26. The summed E-state index contributed by atoms with van der Waals surface area (Å²) in [4.78, 5) is 3.50. The summed E-state index contributed by atoms with van der Waals surface area (Å²) < 4.78 is 0. The molecule has 10 heavy (non-hydrogen) atoms. The monoisotopic (exact) mass is 142 g/mol. The van der Waals surface area contributed by atoms with Crippen molar-refractivity contribution in [3.63, 3.8) is 0 Å². The van der Waals surface area contributed by atoms with Crippen LogP contribution in [0.2, 0.25) is 0 Å². The first kappa shape index (κ1) is 9.30. The van der Waals surface area contributed by atoms with Gasteiger partial charge in [-0.15, -0.1) is 0 Å². The smallest absolute Gasteiger partial charge is 0.172 e. The van der Waals surface area contributed by atoms with E-state index < -0.39 is 5.79 Å². The van der Waals surface area contributed by atoms with Crippen LogP contribution in [0.3, 0.4) is 0 Å². The summed E-state index contributed by atoms with van der Waals surface area (Å²) in [6.45, 7) is 3.86. The lowest BCUT2D eigenvalue weighted by molar-refractivity contribution is 0.305. The molecule has 0 amide bonds. The normalized spacial score (nSPS) is 14.0. The minimum atomic E-state index is -1.11. The van der Waals surface area contributed by atoms with Gasteiger partial charge in [-0.2, -0.15) is 4.99 Å². The third-order valence-electron chi connectivity index (χ3n) is 1.65. The van der Waals surface area contributed by atoms with Crippen LogP contribution in [-0.2, 0) is 0 Å². The standard InChI is InChI=1S/C6H14N4/c1-3-5(2)6(8,9)10-4-7/h5,7H,3,8-9H2,1-2H3. The van der Waals surface area contributed by atoms with E-state index in [2.05, 4.69) is 4.99 Å². The topological polar surface area (TPSA) is 88.2 Å². The molecule has 0 spiro atoms. The van der Waals surface area contributed by atoms with Crippen LogP contribution in [-0.4, -0.2) is 11.8 Å². The van der Waals surface area contributed by atoms with Gasteiger partial charge in [-0.3, -0.25) is 11.5 Å². The molecule has 0 bridgehead atoms. The highest BCUT2D eigenvalue weighted by Crippen LogP contribution is 2.12. The number of hydrogen-bond acceptors (Lipinski definition) is 4. The molecule has 0 radical (unpaired) electrons. The van der Waals surface area contributed by atoms with E-state index in [9.17, 15) is 0 Å². The summed E-state index contributed by atoms with van der Waals surface area (Å²) in [5.41, 5.74) is 11.0. The molecule has 1 atom stereocenters. The Bertz CT molecular complexity index is 146. The molecule has 0 aliphatic heterocycles. The molecule has 0 saturated heterocycles. The molecule has 0 fully saturated rings. The first-order chi connectivity index (χ1) is 4.54. The van der Waals surface area contributed by atoms with Crippen LogP contribution in [0.15, 0.2) is 4.99 Å². The number of aliphatic imine (C=N–C) groups is 1. The van der Waals surface area contributed by atoms with Crippen molar-refractivity contribution in [3.8, 4) is 0 Å². The van der Waals surface area contributed by atoms with Crippen molar-refractivity contribution in [2.75, 3.05) is 0 Å². The lowest BCUT2D eigenvalue weighted by Gasteiger charge is -2.24. The Morgan fingerprint density at radius 3 is 2.50 bits per heavy atom. The number of nitrogens with zero attached hydrogens (tertiary/aromatic N) is 1. The second-order valence-corrected chi connectivity index (χ2v) is 2.42. The molecule has 0 saturated carbocycles. The van der Waals surface area contributed by atoms with Crippen molar-refractivity contribution in [1.82, 2.24) is 0 Å². The van der Waals surface area contributed by atoms with Gasteiger partial charge in [-0.1, -0.05) is 13.8 Å². The summed E-state index contributed by atoms with van der Waals surface area (Å²) in [7, 11) is 0. The molecule has 4 heteroatoms. The molecule has 0 aliphatic carbocycles. The van der Waals surface area contributed by atoms with Crippen molar-refractivity contribution in [2.24, 2.45) is 22.4 Å². The van der Waals surface area contributed by atoms with Gasteiger partial charge in [0.15, 0.2) is 5.79 Å². The van der Waals surface area contributed by atoms with E-state index in [1.54, 1.807) is 0 Å². The van der Waals surface area contributed by atoms with Gasteiger partial charge in [0.05, 0.1) is 6.01 Å². The van der Waals surface area contributed by atoms with E-state index in [1.807, 2.05) is 19.9 Å². The van der Waals surface area contributed by atoms with Crippen molar-refractivity contribution in [1.29, 1.82) is 5.41 Å². The van der Waals surface area contributed by atoms with Gasteiger partial charge in [0.25, 0.3) is 0 Å². The molecular formula is C6H14N4. The Morgan fingerprint density at radius 1 is 1.70 bits per heavy atom. The summed E-state index contributed by atoms with van der Waals surface area (Å²) in [5.74, 6) is -1.04. The Balaban J connectivity index is 4.22. The molecule has 0 heterocycles. The average Bonchev–Trinajstić information content (AvgIpc) is 1.86. The van der Waals surface area contributed by atoms with Gasteiger partial charge in [0.1, 0.15) is 0 Å². The van der Waals surface area contributed by atoms with E-state index in [0.717, 1.165) is 6.42 Å². The second-order valence-electron chi connectivity index (χ2n) is 2.42. The largest absolute Gasteiger partial charge is 0.294 e. The van der Waals surface area contributed by atoms with Crippen LogP contribution >= 0.6 is 0 Å². The molecule has 0 aromatic heterocycles. The molecule has 0 aromatic carbocycles. The summed E-state index contributed by atoms with van der Waals surface area (Å²) in [6.07, 6.45) is 0.845. The fraction of sp³-hybridized carbons (Fsp3) is 0.833. The van der Waals surface area contributed by atoms with E-state index in [0.29, 0.717) is 0 Å². The maximum absolute atomic E-state index is 6.55. The van der Waals surface area contributed by atoms with Gasteiger partial charge in [0.2, 0.25) is 0 Å². The minimum Gasteiger partial charge on any atom is -0.294 e. The van der Waals surface area contributed by atoms with Crippen LogP contribution in [0.1, 0.15) is 20.3 Å². The van der Waals surface area contributed by atoms with Crippen molar-refractivity contribution < 1.29 is 0 Å². The highest BCUT2D eigenvalue weighted by atomic mass is 15.2. The molecular weight excluding hydrogens is 128 g/mol. The van der Waals surface area contributed by atoms with Gasteiger partial charge in [-0.05, 0) is 6.42 Å². The van der Waals surface area contributed by atoms with Crippen molar-refractivity contribution in [3.05, 3.63) is 0 Å². The quantitative estimate of drug-likeness (QED) is 0.392. The van der Waals surface area contributed by atoms with Crippen LogP contribution in [0.4, 0.5) is 0 Å². The Kier molecular flexibility index (Phi) is 3.22. The predicted molar refractivity (Wildman–Crippen MR) is 40.7 cm³/mol. The molecule has 5 N–H and O–H groups in total. The van der Waals surface area contributed by atoms with Crippen LogP contribution in [0, 0.1) is 11.3 Å². The molecule has 58 valence electrons. The van der Waals surface area contributed by atoms with E-state index in [1.165, 1.54) is 0 Å². The zero-order valence-corrected chi connectivity index (χ0v) is 6.39. The summed E-state index contributed by atoms with van der Waals surface area (Å²) >= 11 is 0. The van der Waals surface area contributed by atoms with Gasteiger partial charge >= 0.3 is 0 Å². The average molecular weight is 142 g/mol. The third kappa shape index (κ3) is 2.27. The lowest BCUT2D eigenvalue weighted by atomic mass is 10.0. The molecule has 4 nitrogen and oxygen atoms in total. The van der Waals surface area contributed by atoms with Crippen molar-refractivity contribution in [2.45, 2.75) is 26.1 Å². The Labute approximate surface area is 60.8 Å². The maximum Gasteiger partial charge on any atom is 0.172 e. The van der Waals surface area contributed by atoms with Crippen LogP contribution in [0.25, 0.3) is 0 Å². The fourth-order valence-electron chi connectivity index (χ4n) is 0.534. The van der Waals surface area contributed by atoms with Gasteiger partial charge < -0.3 is 0 Å². The zero-order chi connectivity index (χ0) is 8.20. The second kappa shape index (κ2) is 3.46. The lowest BCUT2D eigenvalue weighted by Crippen LogP contribution is -2.52. The Morgan fingerprint density at radius 2 is 2.20 bits per heavy atom. The summed E-state index contributed by atoms with van der Waals surface area (Å²) in [6, 6.07) is 1.85. The van der Waals surface area contributed by atoms with Crippen molar-refractivity contribution >= 4 is 6.01 Å². The van der Waals surface area contributed by atoms with E-state index in [4.69, 9.17) is 16.9 Å². The number of hydrogen-bond donors (Lipinski definition) is 3. The molecule has 0 aliphatic rings. The minimum absolute atomic E-state index is 0.0744. The SMILES string of the molecule is CCC(C)C(N)(N)N=C=N. The predicted octanol–water partition coefficient (Wildman–Crippen LogP) is 0.356. The van der Waals surface area contributed by atoms with E-state index >= 15 is 0 Å². The third-order valence-corrected chi connectivity index (χ3v) is 1.65. The molecule has 1 unspecified atom stereocenters. The number of nitrogens with one attached hydrogen (secondary N) is 1. The number of rotatable bonds is 3. The maximum atomic E-state index is 6.55. The highest BCUT2D eigenvalue weighted by molar-refractivity contribution is 5.37. The Hall–Kier alpha value is -0.700. The molecule has 0 aromatic rings. The fourth-order valence-corrected chi connectivity index (χ4v) is 0.534. The van der Waals surface area contributed by atoms with E-state index in [-0.39, 0.29) is 5.92 Å².